The molecule has 186 valence electrons. The van der Waals surface area contributed by atoms with Gasteiger partial charge in [0.25, 0.3) is 0 Å². The molecule has 0 bridgehead atoms. The van der Waals surface area contributed by atoms with E-state index in [9.17, 15) is 19.8 Å². The van der Waals surface area contributed by atoms with E-state index in [4.69, 9.17) is 0 Å². The Balaban J connectivity index is 1.70. The number of rotatable bonds is 8. The summed E-state index contributed by atoms with van der Waals surface area (Å²) >= 11 is 0. The maximum absolute atomic E-state index is 12.1. The predicted molar refractivity (Wildman–Crippen MR) is 136 cm³/mol. The van der Waals surface area contributed by atoms with Crippen molar-refractivity contribution in [2.75, 3.05) is 0 Å². The van der Waals surface area contributed by atoms with Gasteiger partial charge in [-0.2, -0.15) is 0 Å². The zero-order chi connectivity index (χ0) is 25.5. The van der Waals surface area contributed by atoms with E-state index in [0.717, 1.165) is 22.3 Å². The van der Waals surface area contributed by atoms with Crippen molar-refractivity contribution in [1.29, 1.82) is 0 Å². The van der Waals surface area contributed by atoms with Crippen molar-refractivity contribution >= 4 is 11.8 Å². The van der Waals surface area contributed by atoms with Crippen LogP contribution < -0.4 is 10.9 Å². The molecule has 0 unspecified atom stereocenters. The lowest BCUT2D eigenvalue weighted by atomic mass is 9.85. The molecule has 0 aliphatic rings. The Morgan fingerprint density at radius 1 is 0.676 bits per heavy atom. The molecule has 0 saturated heterocycles. The second-order valence-electron chi connectivity index (χ2n) is 11.0. The standard InChI is InChI=1S/C28H40N2O4/c1-27(2,3)21-17-19(13-15-23(21)31)9-7-11-25(33)29-30-26(34)12-8-10-20-14-16-24(32)22(18-20)28(4,5)6/h13-18,31-32H,7-12H2,1-6H3,(H,29,33)(H,30,34). The topological polar surface area (TPSA) is 98.7 Å². The molecular formula is C28H40N2O4. The Hall–Kier alpha value is -3.02. The summed E-state index contributed by atoms with van der Waals surface area (Å²) in [5.74, 6) is 0.126. The second kappa shape index (κ2) is 11.4. The lowest BCUT2D eigenvalue weighted by molar-refractivity contribution is -0.129. The van der Waals surface area contributed by atoms with E-state index in [1.165, 1.54) is 0 Å². The van der Waals surface area contributed by atoms with Gasteiger partial charge in [-0.3, -0.25) is 20.4 Å². The molecule has 2 aromatic rings. The zero-order valence-corrected chi connectivity index (χ0v) is 21.4. The van der Waals surface area contributed by atoms with Crippen LogP contribution in [0, 0.1) is 0 Å². The fourth-order valence-electron chi connectivity index (χ4n) is 3.85. The molecule has 4 N–H and O–H groups in total. The zero-order valence-electron chi connectivity index (χ0n) is 21.4. The number of aryl methyl sites for hydroxylation is 2. The van der Waals surface area contributed by atoms with Gasteiger partial charge in [0, 0.05) is 12.8 Å². The third kappa shape index (κ3) is 8.40. The molecule has 0 aliphatic carbocycles. The Kier molecular flexibility index (Phi) is 9.14. The van der Waals surface area contributed by atoms with E-state index in [-0.39, 0.29) is 34.1 Å². The van der Waals surface area contributed by atoms with Crippen molar-refractivity contribution in [1.82, 2.24) is 10.9 Å². The Morgan fingerprint density at radius 2 is 1.03 bits per heavy atom. The molecule has 2 amide bonds. The average Bonchev–Trinajstić information content (AvgIpc) is 2.73. The summed E-state index contributed by atoms with van der Waals surface area (Å²) in [6, 6.07) is 11.2. The Morgan fingerprint density at radius 3 is 1.35 bits per heavy atom. The van der Waals surface area contributed by atoms with Crippen molar-refractivity contribution in [2.24, 2.45) is 0 Å². The van der Waals surface area contributed by atoms with Crippen LogP contribution in [-0.2, 0) is 33.3 Å². The van der Waals surface area contributed by atoms with Gasteiger partial charge in [0.15, 0.2) is 0 Å². The molecule has 0 aliphatic heterocycles. The number of benzene rings is 2. The number of hydrogen-bond acceptors (Lipinski definition) is 4. The highest BCUT2D eigenvalue weighted by Gasteiger charge is 2.19. The van der Waals surface area contributed by atoms with E-state index in [0.29, 0.717) is 38.5 Å². The lowest BCUT2D eigenvalue weighted by Crippen LogP contribution is -2.41. The number of nitrogens with one attached hydrogen (secondary N) is 2. The van der Waals surface area contributed by atoms with Crippen molar-refractivity contribution in [3.8, 4) is 11.5 Å². The van der Waals surface area contributed by atoms with Gasteiger partial charge < -0.3 is 10.2 Å². The summed E-state index contributed by atoms with van der Waals surface area (Å²) in [5.41, 5.74) is 8.60. The van der Waals surface area contributed by atoms with Gasteiger partial charge in [0.2, 0.25) is 11.8 Å². The summed E-state index contributed by atoms with van der Waals surface area (Å²) in [7, 11) is 0. The van der Waals surface area contributed by atoms with Gasteiger partial charge in [-0.25, -0.2) is 0 Å². The fraction of sp³-hybridized carbons (Fsp3) is 0.500. The van der Waals surface area contributed by atoms with Gasteiger partial charge in [-0.15, -0.1) is 0 Å². The van der Waals surface area contributed by atoms with Gasteiger partial charge >= 0.3 is 0 Å². The van der Waals surface area contributed by atoms with Crippen LogP contribution in [0.1, 0.15) is 89.5 Å². The van der Waals surface area contributed by atoms with Crippen LogP contribution in [0.2, 0.25) is 0 Å². The molecule has 0 aromatic heterocycles. The lowest BCUT2D eigenvalue weighted by Gasteiger charge is -2.21. The van der Waals surface area contributed by atoms with Crippen LogP contribution in [0.3, 0.4) is 0 Å². The van der Waals surface area contributed by atoms with Crippen LogP contribution in [0.4, 0.5) is 0 Å². The summed E-state index contributed by atoms with van der Waals surface area (Å²) in [4.78, 5) is 24.2. The minimum Gasteiger partial charge on any atom is -0.508 e. The summed E-state index contributed by atoms with van der Waals surface area (Å²) < 4.78 is 0. The fourth-order valence-corrected chi connectivity index (χ4v) is 3.85. The molecule has 0 fully saturated rings. The van der Waals surface area contributed by atoms with E-state index in [1.54, 1.807) is 12.1 Å². The first-order valence-electron chi connectivity index (χ1n) is 12.0. The highest BCUT2D eigenvalue weighted by Crippen LogP contribution is 2.32. The molecule has 34 heavy (non-hydrogen) atoms. The maximum atomic E-state index is 12.1. The number of hydrazine groups is 1. The highest BCUT2D eigenvalue weighted by atomic mass is 16.3. The number of carbonyl (C=O) groups excluding carboxylic acids is 2. The first-order valence-corrected chi connectivity index (χ1v) is 12.0. The van der Waals surface area contributed by atoms with E-state index in [1.807, 2.05) is 24.3 Å². The minimum atomic E-state index is -0.225. The van der Waals surface area contributed by atoms with Gasteiger partial charge in [-0.1, -0.05) is 65.8 Å². The van der Waals surface area contributed by atoms with E-state index >= 15 is 0 Å². The summed E-state index contributed by atoms with van der Waals surface area (Å²) in [5, 5.41) is 20.1. The molecule has 2 rings (SSSR count). The molecule has 0 spiro atoms. The maximum Gasteiger partial charge on any atom is 0.238 e. The monoisotopic (exact) mass is 468 g/mol. The van der Waals surface area contributed by atoms with Crippen LogP contribution in [0.25, 0.3) is 0 Å². The third-order valence-electron chi connectivity index (χ3n) is 5.82. The molecule has 2 aromatic carbocycles. The van der Waals surface area contributed by atoms with Gasteiger partial charge in [0.05, 0.1) is 0 Å². The number of amides is 2. The summed E-state index contributed by atoms with van der Waals surface area (Å²) in [6.07, 6.45) is 3.33. The van der Waals surface area contributed by atoms with Gasteiger partial charge in [0.1, 0.15) is 11.5 Å². The average molecular weight is 469 g/mol. The molecular weight excluding hydrogens is 428 g/mol. The van der Waals surface area contributed by atoms with Crippen molar-refractivity contribution in [3.63, 3.8) is 0 Å². The smallest absolute Gasteiger partial charge is 0.238 e. The second-order valence-corrected chi connectivity index (χ2v) is 11.0. The van der Waals surface area contributed by atoms with Crippen LogP contribution >= 0.6 is 0 Å². The molecule has 6 nitrogen and oxygen atoms in total. The number of phenols is 2. The third-order valence-corrected chi connectivity index (χ3v) is 5.82. The number of phenolic OH excluding ortho intramolecular Hbond substituents is 2. The molecule has 0 atom stereocenters. The Labute approximate surface area is 203 Å². The molecule has 0 radical (unpaired) electrons. The van der Waals surface area contributed by atoms with Gasteiger partial charge in [-0.05, 0) is 70.9 Å². The summed E-state index contributed by atoms with van der Waals surface area (Å²) in [6.45, 7) is 12.3. The number of hydrogen-bond donors (Lipinski definition) is 4. The van der Waals surface area contributed by atoms with Crippen LogP contribution in [0.15, 0.2) is 36.4 Å². The number of carbonyl (C=O) groups is 2. The largest absolute Gasteiger partial charge is 0.508 e. The van der Waals surface area contributed by atoms with Crippen LogP contribution in [-0.4, -0.2) is 22.0 Å². The SMILES string of the molecule is CC(C)(C)c1cc(CCCC(=O)NNC(=O)CCCc2ccc(O)c(C(C)(C)C)c2)ccc1O. The minimum absolute atomic E-state index is 0.154. The highest BCUT2D eigenvalue weighted by molar-refractivity contribution is 5.81. The molecule has 0 heterocycles. The molecule has 6 heteroatoms. The first-order chi connectivity index (χ1) is 15.8. The van der Waals surface area contributed by atoms with Crippen molar-refractivity contribution < 1.29 is 19.8 Å². The van der Waals surface area contributed by atoms with Crippen molar-refractivity contribution in [2.45, 2.75) is 90.9 Å². The quantitative estimate of drug-likeness (QED) is 0.401. The Bertz CT molecular complexity index is 919. The number of aromatic hydroxyl groups is 2. The van der Waals surface area contributed by atoms with Crippen LogP contribution in [0.5, 0.6) is 11.5 Å². The van der Waals surface area contributed by atoms with E-state index < -0.39 is 0 Å². The normalized spacial score (nSPS) is 11.8. The predicted octanol–water partition coefficient (Wildman–Crippen LogP) is 5.19. The van der Waals surface area contributed by atoms with Crippen molar-refractivity contribution in [3.05, 3.63) is 58.7 Å². The van der Waals surface area contributed by atoms with E-state index in [2.05, 4.69) is 52.4 Å². The molecule has 0 saturated carbocycles. The first kappa shape index (κ1) is 27.2.